The molecule has 6 heteroatoms. The molecule has 0 unspecified atom stereocenters. The van der Waals surface area contributed by atoms with Gasteiger partial charge in [0.1, 0.15) is 5.75 Å². The van der Waals surface area contributed by atoms with E-state index >= 15 is 0 Å². The molecule has 0 heterocycles. The summed E-state index contributed by atoms with van der Waals surface area (Å²) in [7, 11) is 3.11. The molecule has 2 aromatic rings. The Kier molecular flexibility index (Phi) is 5.85. The van der Waals surface area contributed by atoms with Gasteiger partial charge in [0.05, 0.1) is 24.3 Å². The Morgan fingerprint density at radius 2 is 1.78 bits per heavy atom. The Hall–Kier alpha value is -1.79. The zero-order chi connectivity index (χ0) is 17.0. The molecular formula is C17H14Br2O4. The molecule has 0 fully saturated rings. The van der Waals surface area contributed by atoms with Crippen molar-refractivity contribution in [1.29, 1.82) is 0 Å². The fourth-order valence-corrected chi connectivity index (χ4v) is 3.20. The zero-order valence-electron chi connectivity index (χ0n) is 12.5. The van der Waals surface area contributed by atoms with Gasteiger partial charge in [0.15, 0.2) is 17.3 Å². The quantitative estimate of drug-likeness (QED) is 0.533. The van der Waals surface area contributed by atoms with Crippen molar-refractivity contribution in [2.24, 2.45) is 0 Å². The van der Waals surface area contributed by atoms with Crippen LogP contribution in [0.3, 0.4) is 0 Å². The van der Waals surface area contributed by atoms with Crippen LogP contribution in [0, 0.1) is 0 Å². The Morgan fingerprint density at radius 3 is 2.43 bits per heavy atom. The Morgan fingerprint density at radius 1 is 1.09 bits per heavy atom. The van der Waals surface area contributed by atoms with E-state index in [9.17, 15) is 9.90 Å². The number of hydrogen-bond donors (Lipinski definition) is 1. The van der Waals surface area contributed by atoms with Gasteiger partial charge in [-0.1, -0.05) is 28.1 Å². The standard InChI is InChI=1S/C17H14Br2O4/c1-22-15-6-4-10(7-16(15)23-2)3-5-14(20)12-8-11(18)9-13(19)17(12)21/h3-9,21H,1-2H3/b5-3-. The molecule has 0 aliphatic heterocycles. The average molecular weight is 442 g/mol. The van der Waals surface area contributed by atoms with E-state index in [1.165, 1.54) is 6.08 Å². The maximum absolute atomic E-state index is 12.3. The fourth-order valence-electron chi connectivity index (χ4n) is 1.97. The van der Waals surface area contributed by atoms with Crippen LogP contribution >= 0.6 is 31.9 Å². The highest BCUT2D eigenvalue weighted by Crippen LogP contribution is 2.32. The van der Waals surface area contributed by atoms with Crippen molar-refractivity contribution >= 4 is 43.7 Å². The van der Waals surface area contributed by atoms with Gasteiger partial charge in [-0.25, -0.2) is 0 Å². The number of phenolic OH excluding ortho intramolecular Hbond substituents is 1. The second kappa shape index (κ2) is 7.66. The predicted molar refractivity (Wildman–Crippen MR) is 96.4 cm³/mol. The van der Waals surface area contributed by atoms with E-state index in [1.54, 1.807) is 44.6 Å². The van der Waals surface area contributed by atoms with Gasteiger partial charge in [-0.3, -0.25) is 4.79 Å². The fraction of sp³-hybridized carbons (Fsp3) is 0.118. The molecule has 1 N–H and O–H groups in total. The number of methoxy groups -OCH3 is 2. The van der Waals surface area contributed by atoms with Crippen molar-refractivity contribution in [3.05, 3.63) is 56.5 Å². The van der Waals surface area contributed by atoms with Gasteiger partial charge in [0, 0.05) is 4.47 Å². The Labute approximate surface area is 151 Å². The number of rotatable bonds is 5. The molecular weight excluding hydrogens is 428 g/mol. The molecule has 0 saturated heterocycles. The lowest BCUT2D eigenvalue weighted by Gasteiger charge is -2.07. The van der Waals surface area contributed by atoms with E-state index in [2.05, 4.69) is 31.9 Å². The number of allylic oxidation sites excluding steroid dienone is 1. The first kappa shape index (κ1) is 17.6. The second-order valence-electron chi connectivity index (χ2n) is 4.60. The van der Waals surface area contributed by atoms with Crippen LogP contribution in [-0.4, -0.2) is 25.1 Å². The maximum Gasteiger partial charge on any atom is 0.189 e. The highest BCUT2D eigenvalue weighted by Gasteiger charge is 2.13. The van der Waals surface area contributed by atoms with Gasteiger partial charge in [-0.15, -0.1) is 0 Å². The summed E-state index contributed by atoms with van der Waals surface area (Å²) in [5.74, 6) is 0.800. The number of benzene rings is 2. The highest BCUT2D eigenvalue weighted by atomic mass is 79.9. The van der Waals surface area contributed by atoms with Crippen LogP contribution in [0.2, 0.25) is 0 Å². The normalized spacial score (nSPS) is 10.8. The largest absolute Gasteiger partial charge is 0.506 e. The first-order valence-corrected chi connectivity index (χ1v) is 8.17. The highest BCUT2D eigenvalue weighted by molar-refractivity contribution is 9.11. The number of carbonyl (C=O) groups excluding carboxylic acids is 1. The van der Waals surface area contributed by atoms with Crippen LogP contribution in [0.5, 0.6) is 17.2 Å². The van der Waals surface area contributed by atoms with Gasteiger partial charge in [0.25, 0.3) is 0 Å². The van der Waals surface area contributed by atoms with E-state index in [0.29, 0.717) is 20.4 Å². The molecule has 0 amide bonds. The van der Waals surface area contributed by atoms with Crippen molar-refractivity contribution in [3.63, 3.8) is 0 Å². The summed E-state index contributed by atoms with van der Waals surface area (Å²) in [5, 5.41) is 9.98. The lowest BCUT2D eigenvalue weighted by atomic mass is 10.1. The molecule has 0 aliphatic rings. The monoisotopic (exact) mass is 440 g/mol. The lowest BCUT2D eigenvalue weighted by molar-refractivity contribution is 0.104. The average Bonchev–Trinajstić information content (AvgIpc) is 2.55. The van der Waals surface area contributed by atoms with Crippen LogP contribution < -0.4 is 9.47 Å². The van der Waals surface area contributed by atoms with Crippen molar-refractivity contribution in [2.75, 3.05) is 14.2 Å². The second-order valence-corrected chi connectivity index (χ2v) is 6.37. The molecule has 23 heavy (non-hydrogen) atoms. The molecule has 0 spiro atoms. The lowest BCUT2D eigenvalue weighted by Crippen LogP contribution is -1.96. The number of halogens is 2. The van der Waals surface area contributed by atoms with Crippen LogP contribution in [0.25, 0.3) is 6.08 Å². The molecule has 0 radical (unpaired) electrons. The summed E-state index contributed by atoms with van der Waals surface area (Å²) in [6.45, 7) is 0. The number of hydrogen-bond acceptors (Lipinski definition) is 4. The van der Waals surface area contributed by atoms with Gasteiger partial charge >= 0.3 is 0 Å². The van der Waals surface area contributed by atoms with Crippen LogP contribution in [-0.2, 0) is 0 Å². The molecule has 0 atom stereocenters. The predicted octanol–water partition coefficient (Wildman–Crippen LogP) is 4.83. The minimum atomic E-state index is -0.306. The summed E-state index contributed by atoms with van der Waals surface area (Å²) in [6, 6.07) is 8.57. The van der Waals surface area contributed by atoms with E-state index < -0.39 is 0 Å². The first-order chi connectivity index (χ1) is 11.0. The number of carbonyl (C=O) groups is 1. The van der Waals surface area contributed by atoms with Crippen LogP contribution in [0.4, 0.5) is 0 Å². The molecule has 2 aromatic carbocycles. The third-order valence-electron chi connectivity index (χ3n) is 3.13. The van der Waals surface area contributed by atoms with Crippen molar-refractivity contribution in [3.8, 4) is 17.2 Å². The number of aromatic hydroxyl groups is 1. The van der Waals surface area contributed by atoms with E-state index in [1.807, 2.05) is 6.07 Å². The summed E-state index contributed by atoms with van der Waals surface area (Å²) in [4.78, 5) is 12.3. The molecule has 0 aromatic heterocycles. The minimum Gasteiger partial charge on any atom is -0.506 e. The third kappa shape index (κ3) is 4.14. The number of phenols is 1. The number of ketones is 1. The van der Waals surface area contributed by atoms with Crippen molar-refractivity contribution < 1.29 is 19.4 Å². The maximum atomic E-state index is 12.3. The van der Waals surface area contributed by atoms with Gasteiger partial charge in [-0.2, -0.15) is 0 Å². The first-order valence-electron chi connectivity index (χ1n) is 6.58. The van der Waals surface area contributed by atoms with Crippen molar-refractivity contribution in [2.45, 2.75) is 0 Å². The molecule has 0 aliphatic carbocycles. The Balaban J connectivity index is 2.28. The molecule has 2 rings (SSSR count). The molecule has 0 bridgehead atoms. The van der Waals surface area contributed by atoms with Gasteiger partial charge < -0.3 is 14.6 Å². The minimum absolute atomic E-state index is 0.0878. The molecule has 4 nitrogen and oxygen atoms in total. The Bertz CT molecular complexity index is 769. The summed E-state index contributed by atoms with van der Waals surface area (Å²) < 4.78 is 11.5. The molecule has 0 saturated carbocycles. The van der Waals surface area contributed by atoms with Crippen molar-refractivity contribution in [1.82, 2.24) is 0 Å². The van der Waals surface area contributed by atoms with Crippen LogP contribution in [0.15, 0.2) is 45.4 Å². The SMILES string of the molecule is COc1ccc(/C=C\C(=O)c2cc(Br)cc(Br)c2O)cc1OC. The van der Waals surface area contributed by atoms with Gasteiger partial charge in [0.2, 0.25) is 0 Å². The summed E-state index contributed by atoms with van der Waals surface area (Å²) >= 11 is 6.51. The summed E-state index contributed by atoms with van der Waals surface area (Å²) in [6.07, 6.45) is 3.05. The van der Waals surface area contributed by atoms with E-state index in [0.717, 1.165) is 5.56 Å². The summed E-state index contributed by atoms with van der Waals surface area (Å²) in [5.41, 5.74) is 0.993. The van der Waals surface area contributed by atoms with Crippen LogP contribution in [0.1, 0.15) is 15.9 Å². The van der Waals surface area contributed by atoms with E-state index in [-0.39, 0.29) is 17.1 Å². The zero-order valence-corrected chi connectivity index (χ0v) is 15.6. The number of ether oxygens (including phenoxy) is 2. The van der Waals surface area contributed by atoms with E-state index in [4.69, 9.17) is 9.47 Å². The molecule has 120 valence electrons. The third-order valence-corrected chi connectivity index (χ3v) is 4.19. The smallest absolute Gasteiger partial charge is 0.189 e. The topological polar surface area (TPSA) is 55.8 Å². The van der Waals surface area contributed by atoms with Gasteiger partial charge in [-0.05, 0) is 51.8 Å².